The Hall–Kier alpha value is -1.63. The summed E-state index contributed by atoms with van der Waals surface area (Å²) in [5.41, 5.74) is 1.40. The summed E-state index contributed by atoms with van der Waals surface area (Å²) >= 11 is 6.03. The standard InChI is InChI=1S/C20H23ClFNO3S/c1-23(16-8-10-27(24,25)11-9-16)13-15-4-2-5-17(12-15)26-14-18-19(21)6-3-7-20(18)22/h2-7,12,16H,8-11,13-14H2,1H3. The minimum atomic E-state index is -2.86. The maximum absolute atomic E-state index is 13.9. The molecule has 0 saturated carbocycles. The lowest BCUT2D eigenvalue weighted by molar-refractivity contribution is 0.218. The van der Waals surface area contributed by atoms with Crippen LogP contribution in [0.2, 0.25) is 5.02 Å². The Morgan fingerprint density at radius 2 is 1.89 bits per heavy atom. The number of hydrogen-bond acceptors (Lipinski definition) is 4. The van der Waals surface area contributed by atoms with Crippen molar-refractivity contribution in [1.29, 1.82) is 0 Å². The Morgan fingerprint density at radius 3 is 2.59 bits per heavy atom. The Balaban J connectivity index is 1.60. The predicted molar refractivity (Wildman–Crippen MR) is 105 cm³/mol. The fourth-order valence-electron chi connectivity index (χ4n) is 3.29. The van der Waals surface area contributed by atoms with Gasteiger partial charge in [0.15, 0.2) is 0 Å². The highest BCUT2D eigenvalue weighted by Crippen LogP contribution is 2.23. The molecule has 1 heterocycles. The van der Waals surface area contributed by atoms with E-state index in [-0.39, 0.29) is 30.0 Å². The van der Waals surface area contributed by atoms with Gasteiger partial charge in [0, 0.05) is 18.2 Å². The van der Waals surface area contributed by atoms with Crippen LogP contribution in [0.5, 0.6) is 5.75 Å². The van der Waals surface area contributed by atoms with E-state index in [9.17, 15) is 12.8 Å². The topological polar surface area (TPSA) is 46.6 Å². The van der Waals surface area contributed by atoms with Crippen LogP contribution < -0.4 is 4.74 Å². The third kappa shape index (κ3) is 5.43. The summed E-state index contributed by atoms with van der Waals surface area (Å²) in [6.45, 7) is 0.758. The van der Waals surface area contributed by atoms with Crippen molar-refractivity contribution in [2.45, 2.75) is 32.0 Å². The lowest BCUT2D eigenvalue weighted by Gasteiger charge is -2.31. The molecule has 4 nitrogen and oxygen atoms in total. The summed E-state index contributed by atoms with van der Waals surface area (Å²) in [5.74, 6) is 0.778. The quantitative estimate of drug-likeness (QED) is 0.719. The van der Waals surface area contributed by atoms with Gasteiger partial charge < -0.3 is 4.74 Å². The predicted octanol–water partition coefficient (Wildman–Crippen LogP) is 4.07. The van der Waals surface area contributed by atoms with Crippen molar-refractivity contribution in [3.05, 3.63) is 64.4 Å². The molecular weight excluding hydrogens is 389 g/mol. The summed E-state index contributed by atoms with van der Waals surface area (Å²) in [5, 5.41) is 0.345. The molecule has 2 aromatic rings. The van der Waals surface area contributed by atoms with Crippen LogP contribution in [0.15, 0.2) is 42.5 Å². The first kappa shape index (κ1) is 20.1. The van der Waals surface area contributed by atoms with Gasteiger partial charge in [0.25, 0.3) is 0 Å². The molecule has 1 saturated heterocycles. The summed E-state index contributed by atoms with van der Waals surface area (Å²) < 4.78 is 42.8. The largest absolute Gasteiger partial charge is 0.489 e. The van der Waals surface area contributed by atoms with Crippen LogP contribution in [-0.4, -0.2) is 37.9 Å². The molecule has 1 aliphatic rings. The van der Waals surface area contributed by atoms with Crippen LogP contribution in [0, 0.1) is 5.82 Å². The second-order valence-corrected chi connectivity index (χ2v) is 9.65. The zero-order valence-corrected chi connectivity index (χ0v) is 16.8. The minimum Gasteiger partial charge on any atom is -0.489 e. The third-order valence-electron chi connectivity index (χ3n) is 4.92. The third-order valence-corrected chi connectivity index (χ3v) is 6.99. The van der Waals surface area contributed by atoms with Crippen molar-refractivity contribution in [2.75, 3.05) is 18.6 Å². The van der Waals surface area contributed by atoms with Gasteiger partial charge in [-0.15, -0.1) is 0 Å². The number of ether oxygens (including phenoxy) is 1. The average molecular weight is 412 g/mol. The molecule has 0 spiro atoms. The van der Waals surface area contributed by atoms with Gasteiger partial charge in [0.2, 0.25) is 0 Å². The van der Waals surface area contributed by atoms with Crippen LogP contribution in [0.3, 0.4) is 0 Å². The zero-order chi connectivity index (χ0) is 19.4. The first-order valence-corrected chi connectivity index (χ1v) is 11.1. The van der Waals surface area contributed by atoms with Crippen molar-refractivity contribution >= 4 is 21.4 Å². The summed E-state index contributed by atoms with van der Waals surface area (Å²) in [4.78, 5) is 2.18. The van der Waals surface area contributed by atoms with Crippen molar-refractivity contribution in [3.8, 4) is 5.75 Å². The normalized spacial score (nSPS) is 17.2. The number of rotatable bonds is 6. The van der Waals surface area contributed by atoms with Crippen molar-refractivity contribution in [2.24, 2.45) is 0 Å². The molecular formula is C20H23ClFNO3S. The highest BCUT2D eigenvalue weighted by molar-refractivity contribution is 7.91. The van der Waals surface area contributed by atoms with E-state index in [1.807, 2.05) is 31.3 Å². The molecule has 7 heteroatoms. The first-order chi connectivity index (χ1) is 12.8. The lowest BCUT2D eigenvalue weighted by atomic mass is 10.1. The van der Waals surface area contributed by atoms with E-state index in [1.54, 1.807) is 12.1 Å². The van der Waals surface area contributed by atoms with E-state index in [2.05, 4.69) is 4.90 Å². The molecule has 27 heavy (non-hydrogen) atoms. The second kappa shape index (κ2) is 8.59. The van der Waals surface area contributed by atoms with E-state index in [0.29, 0.717) is 35.7 Å². The van der Waals surface area contributed by atoms with Gasteiger partial charge in [0.05, 0.1) is 16.5 Å². The highest BCUT2D eigenvalue weighted by atomic mass is 35.5. The molecule has 0 amide bonds. The number of benzene rings is 2. The highest BCUT2D eigenvalue weighted by Gasteiger charge is 2.26. The molecule has 0 radical (unpaired) electrons. The molecule has 3 rings (SSSR count). The van der Waals surface area contributed by atoms with Crippen molar-refractivity contribution in [3.63, 3.8) is 0 Å². The van der Waals surface area contributed by atoms with E-state index < -0.39 is 9.84 Å². The molecule has 1 aliphatic heterocycles. The molecule has 2 aromatic carbocycles. The van der Waals surface area contributed by atoms with Gasteiger partial charge in [-0.1, -0.05) is 29.8 Å². The Morgan fingerprint density at radius 1 is 1.19 bits per heavy atom. The number of hydrogen-bond donors (Lipinski definition) is 0. The van der Waals surface area contributed by atoms with Gasteiger partial charge in [-0.2, -0.15) is 0 Å². The lowest BCUT2D eigenvalue weighted by Crippen LogP contribution is -2.38. The summed E-state index contributed by atoms with van der Waals surface area (Å²) in [6.07, 6.45) is 1.33. The Bertz CT molecular complexity index is 870. The molecule has 146 valence electrons. The number of sulfone groups is 1. The molecule has 0 aromatic heterocycles. The number of nitrogens with zero attached hydrogens (tertiary/aromatic N) is 1. The fraction of sp³-hybridized carbons (Fsp3) is 0.400. The maximum Gasteiger partial charge on any atom is 0.150 e. The van der Waals surface area contributed by atoms with Crippen LogP contribution in [-0.2, 0) is 23.0 Å². The average Bonchev–Trinajstić information content (AvgIpc) is 2.61. The molecule has 0 N–H and O–H groups in total. The van der Waals surface area contributed by atoms with Gasteiger partial charge in [0.1, 0.15) is 28.0 Å². The smallest absolute Gasteiger partial charge is 0.150 e. The first-order valence-electron chi connectivity index (χ1n) is 8.89. The molecule has 1 fully saturated rings. The minimum absolute atomic E-state index is 0.0608. The summed E-state index contributed by atoms with van der Waals surface area (Å²) in [7, 11) is -0.848. The van der Waals surface area contributed by atoms with Gasteiger partial charge in [-0.3, -0.25) is 4.90 Å². The number of halogens is 2. The zero-order valence-electron chi connectivity index (χ0n) is 15.2. The van der Waals surface area contributed by atoms with Crippen LogP contribution in [0.25, 0.3) is 0 Å². The molecule has 0 aliphatic carbocycles. The van der Waals surface area contributed by atoms with E-state index >= 15 is 0 Å². The van der Waals surface area contributed by atoms with E-state index in [1.165, 1.54) is 6.07 Å². The molecule has 0 bridgehead atoms. The van der Waals surface area contributed by atoms with Gasteiger partial charge in [-0.25, -0.2) is 12.8 Å². The van der Waals surface area contributed by atoms with Crippen LogP contribution in [0.4, 0.5) is 4.39 Å². The van der Waals surface area contributed by atoms with Crippen molar-refractivity contribution in [1.82, 2.24) is 4.90 Å². The monoisotopic (exact) mass is 411 g/mol. The second-order valence-electron chi connectivity index (χ2n) is 6.93. The maximum atomic E-state index is 13.9. The molecule has 0 atom stereocenters. The Labute approximate surface area is 164 Å². The van der Waals surface area contributed by atoms with Crippen molar-refractivity contribution < 1.29 is 17.5 Å². The van der Waals surface area contributed by atoms with Crippen LogP contribution in [0.1, 0.15) is 24.0 Å². The van der Waals surface area contributed by atoms with Gasteiger partial charge in [-0.05, 0) is 49.7 Å². The van der Waals surface area contributed by atoms with Crippen LogP contribution >= 0.6 is 11.6 Å². The van der Waals surface area contributed by atoms with E-state index in [4.69, 9.17) is 16.3 Å². The van der Waals surface area contributed by atoms with Gasteiger partial charge >= 0.3 is 0 Å². The molecule has 0 unspecified atom stereocenters. The SMILES string of the molecule is CN(Cc1cccc(OCc2c(F)cccc2Cl)c1)C1CCS(=O)(=O)CC1. The van der Waals surface area contributed by atoms with E-state index in [0.717, 1.165) is 5.56 Å². The fourth-order valence-corrected chi connectivity index (χ4v) is 4.98. The summed E-state index contributed by atoms with van der Waals surface area (Å²) in [6, 6.07) is 12.5. The Kier molecular flexibility index (Phi) is 6.40.